The fourth-order valence-corrected chi connectivity index (χ4v) is 2.40. The first-order valence-electron chi connectivity index (χ1n) is 5.46. The summed E-state index contributed by atoms with van der Waals surface area (Å²) in [6, 6.07) is 4.54. The van der Waals surface area contributed by atoms with Gasteiger partial charge in [-0.25, -0.2) is 23.1 Å². The molecule has 0 atom stereocenters. The van der Waals surface area contributed by atoms with Crippen LogP contribution >= 0.6 is 0 Å². The molecule has 0 fully saturated rings. The zero-order chi connectivity index (χ0) is 13.7. The van der Waals surface area contributed by atoms with Crippen LogP contribution < -0.4 is 4.72 Å². The summed E-state index contributed by atoms with van der Waals surface area (Å²) in [7, 11) is -3.60. The molecule has 0 spiro atoms. The summed E-state index contributed by atoms with van der Waals surface area (Å²) in [6.07, 6.45) is 4.91. The van der Waals surface area contributed by atoms with Crippen molar-refractivity contribution in [3.8, 4) is 6.07 Å². The van der Waals surface area contributed by atoms with Crippen molar-refractivity contribution in [1.29, 1.82) is 5.26 Å². The van der Waals surface area contributed by atoms with E-state index in [1.807, 2.05) is 6.07 Å². The highest BCUT2D eigenvalue weighted by Gasteiger charge is 2.13. The van der Waals surface area contributed by atoms with Gasteiger partial charge in [0.15, 0.2) is 0 Å². The average Bonchev–Trinajstić information content (AvgIpc) is 2.92. The van der Waals surface area contributed by atoms with Crippen LogP contribution in [-0.2, 0) is 16.4 Å². The van der Waals surface area contributed by atoms with Gasteiger partial charge >= 0.3 is 0 Å². The molecule has 0 saturated heterocycles. The smallest absolute Gasteiger partial charge is 0.242 e. The SMILES string of the molecule is N#Cc1ccc(S(=O)(=O)NCCc2ncc[nH]2)cn1. The number of sulfonamides is 1. The number of imidazole rings is 1. The molecule has 8 heteroatoms. The first-order valence-corrected chi connectivity index (χ1v) is 6.94. The highest BCUT2D eigenvalue weighted by atomic mass is 32.2. The lowest BCUT2D eigenvalue weighted by Gasteiger charge is -2.05. The van der Waals surface area contributed by atoms with Gasteiger partial charge in [0, 0.05) is 31.6 Å². The molecule has 0 unspecified atom stereocenters. The van der Waals surface area contributed by atoms with Crippen LogP contribution in [0.2, 0.25) is 0 Å². The minimum atomic E-state index is -3.60. The molecule has 2 aromatic heterocycles. The van der Waals surface area contributed by atoms with E-state index in [0.717, 1.165) is 6.20 Å². The normalized spacial score (nSPS) is 11.1. The molecule has 0 aliphatic carbocycles. The van der Waals surface area contributed by atoms with Gasteiger partial charge in [0.25, 0.3) is 0 Å². The molecular formula is C11H11N5O2S. The van der Waals surface area contributed by atoms with Gasteiger partial charge in [-0.15, -0.1) is 0 Å². The third-order valence-electron chi connectivity index (χ3n) is 2.37. The third kappa shape index (κ3) is 3.37. The van der Waals surface area contributed by atoms with Crippen LogP contribution in [0.5, 0.6) is 0 Å². The van der Waals surface area contributed by atoms with E-state index in [0.29, 0.717) is 12.2 Å². The molecular weight excluding hydrogens is 266 g/mol. The average molecular weight is 277 g/mol. The molecule has 7 nitrogen and oxygen atoms in total. The Bertz CT molecular complexity index is 671. The van der Waals surface area contributed by atoms with Gasteiger partial charge < -0.3 is 4.98 Å². The van der Waals surface area contributed by atoms with E-state index < -0.39 is 10.0 Å². The van der Waals surface area contributed by atoms with Crippen LogP contribution in [0.25, 0.3) is 0 Å². The maximum atomic E-state index is 11.9. The van der Waals surface area contributed by atoms with Gasteiger partial charge in [-0.05, 0) is 12.1 Å². The van der Waals surface area contributed by atoms with Crippen LogP contribution in [0.3, 0.4) is 0 Å². The lowest BCUT2D eigenvalue weighted by molar-refractivity contribution is 0.580. The van der Waals surface area contributed by atoms with Crippen LogP contribution in [0.1, 0.15) is 11.5 Å². The van der Waals surface area contributed by atoms with E-state index in [1.54, 1.807) is 12.4 Å². The molecule has 0 aromatic carbocycles. The van der Waals surface area contributed by atoms with E-state index >= 15 is 0 Å². The van der Waals surface area contributed by atoms with Crippen molar-refractivity contribution in [2.45, 2.75) is 11.3 Å². The lowest BCUT2D eigenvalue weighted by atomic mass is 10.4. The fraction of sp³-hybridized carbons (Fsp3) is 0.182. The Morgan fingerprint density at radius 2 is 2.21 bits per heavy atom. The van der Waals surface area contributed by atoms with Crippen LogP contribution in [-0.4, -0.2) is 29.9 Å². The van der Waals surface area contributed by atoms with E-state index in [9.17, 15) is 8.42 Å². The van der Waals surface area contributed by atoms with Crippen molar-refractivity contribution in [3.05, 3.63) is 42.2 Å². The minimum Gasteiger partial charge on any atom is -0.349 e. The number of nitriles is 1. The molecule has 98 valence electrons. The van der Waals surface area contributed by atoms with Gasteiger partial charge in [-0.2, -0.15) is 5.26 Å². The molecule has 19 heavy (non-hydrogen) atoms. The second-order valence-corrected chi connectivity index (χ2v) is 5.44. The lowest BCUT2D eigenvalue weighted by Crippen LogP contribution is -2.26. The van der Waals surface area contributed by atoms with Gasteiger partial charge in [0.1, 0.15) is 22.5 Å². The quantitative estimate of drug-likeness (QED) is 0.810. The summed E-state index contributed by atoms with van der Waals surface area (Å²) in [6.45, 7) is 0.232. The van der Waals surface area contributed by atoms with Gasteiger partial charge in [-0.3, -0.25) is 0 Å². The molecule has 2 rings (SSSR count). The molecule has 2 aromatic rings. The number of hydrogen-bond donors (Lipinski definition) is 2. The summed E-state index contributed by atoms with van der Waals surface area (Å²) >= 11 is 0. The van der Waals surface area contributed by atoms with Crippen molar-refractivity contribution in [2.75, 3.05) is 6.54 Å². The number of pyridine rings is 1. The Kier molecular flexibility index (Phi) is 3.89. The number of nitrogens with one attached hydrogen (secondary N) is 2. The first kappa shape index (κ1) is 13.2. The Morgan fingerprint density at radius 1 is 1.37 bits per heavy atom. The Hall–Kier alpha value is -2.24. The van der Waals surface area contributed by atoms with Crippen LogP contribution in [0, 0.1) is 11.3 Å². The number of aromatic amines is 1. The maximum absolute atomic E-state index is 11.9. The third-order valence-corrected chi connectivity index (χ3v) is 3.82. The number of rotatable bonds is 5. The van der Waals surface area contributed by atoms with Crippen molar-refractivity contribution >= 4 is 10.0 Å². The second-order valence-electron chi connectivity index (χ2n) is 3.67. The van der Waals surface area contributed by atoms with Gasteiger partial charge in [0.2, 0.25) is 10.0 Å². The van der Waals surface area contributed by atoms with E-state index in [-0.39, 0.29) is 17.1 Å². The first-order chi connectivity index (χ1) is 9.12. The minimum absolute atomic E-state index is 0.0333. The molecule has 2 N–H and O–H groups in total. The Labute approximate surface area is 110 Å². The topological polar surface area (TPSA) is 112 Å². The second kappa shape index (κ2) is 5.60. The monoisotopic (exact) mass is 277 g/mol. The maximum Gasteiger partial charge on any atom is 0.242 e. The van der Waals surface area contributed by atoms with Gasteiger partial charge in [0.05, 0.1) is 0 Å². The molecule has 2 heterocycles. The van der Waals surface area contributed by atoms with Gasteiger partial charge in [-0.1, -0.05) is 0 Å². The van der Waals surface area contributed by atoms with Crippen LogP contribution in [0.15, 0.2) is 35.6 Å². The molecule has 0 radical (unpaired) electrons. The van der Waals surface area contributed by atoms with Crippen molar-refractivity contribution < 1.29 is 8.42 Å². The molecule has 0 amide bonds. The van der Waals surface area contributed by atoms with Crippen LogP contribution in [0.4, 0.5) is 0 Å². The molecule has 0 aliphatic rings. The highest BCUT2D eigenvalue weighted by molar-refractivity contribution is 7.89. The zero-order valence-electron chi connectivity index (χ0n) is 9.87. The number of H-pyrrole nitrogens is 1. The Morgan fingerprint density at radius 3 is 2.79 bits per heavy atom. The van der Waals surface area contributed by atoms with E-state index in [4.69, 9.17) is 5.26 Å². The number of nitrogens with zero attached hydrogens (tertiary/aromatic N) is 3. The predicted molar refractivity (Wildman–Crippen MR) is 66.4 cm³/mol. The van der Waals surface area contributed by atoms with E-state index in [2.05, 4.69) is 19.7 Å². The summed E-state index contributed by atoms with van der Waals surface area (Å²) in [4.78, 5) is 10.6. The Balaban J connectivity index is 1.99. The largest absolute Gasteiger partial charge is 0.349 e. The molecule has 0 aliphatic heterocycles. The summed E-state index contributed by atoms with van der Waals surface area (Å²) in [5.41, 5.74) is 0.175. The number of hydrogen-bond acceptors (Lipinski definition) is 5. The van der Waals surface area contributed by atoms with E-state index in [1.165, 1.54) is 12.1 Å². The summed E-state index contributed by atoms with van der Waals surface area (Å²) in [5.74, 6) is 0.709. The molecule has 0 saturated carbocycles. The van der Waals surface area contributed by atoms with Crippen molar-refractivity contribution in [3.63, 3.8) is 0 Å². The number of aromatic nitrogens is 3. The highest BCUT2D eigenvalue weighted by Crippen LogP contribution is 2.07. The predicted octanol–water partition coefficient (Wildman–Crippen LogP) is 0.197. The molecule has 0 bridgehead atoms. The van der Waals surface area contributed by atoms with Crippen molar-refractivity contribution in [2.24, 2.45) is 0 Å². The standard InChI is InChI=1S/C11H11N5O2S/c12-7-9-1-2-10(8-15-9)19(17,18)16-4-3-11-13-5-6-14-11/h1-2,5-6,8,16H,3-4H2,(H,13,14). The van der Waals surface area contributed by atoms with Crippen molar-refractivity contribution in [1.82, 2.24) is 19.7 Å². The zero-order valence-corrected chi connectivity index (χ0v) is 10.7. The fourth-order valence-electron chi connectivity index (χ4n) is 1.43. The summed E-state index contributed by atoms with van der Waals surface area (Å²) in [5, 5.41) is 8.59. The summed E-state index contributed by atoms with van der Waals surface area (Å²) < 4.78 is 26.2.